The fourth-order valence-electron chi connectivity index (χ4n) is 3.49. The molecule has 2 fully saturated rings. The van der Waals surface area contributed by atoms with Crippen LogP contribution in [0, 0.1) is 11.7 Å². The predicted molar refractivity (Wildman–Crippen MR) is 76.7 cm³/mol. The topological polar surface area (TPSA) is 21.3 Å². The molecular weight excluding hydrogens is 309 g/mol. The minimum atomic E-state index is -0.195. The quantitative estimate of drug-likeness (QED) is 0.916. The lowest BCUT2D eigenvalue weighted by atomic mass is 9.81. The van der Waals surface area contributed by atoms with E-state index in [-0.39, 0.29) is 5.82 Å². The Morgan fingerprint density at radius 3 is 2.89 bits per heavy atom. The highest BCUT2D eigenvalue weighted by Crippen LogP contribution is 2.41. The Balaban J connectivity index is 1.73. The third-order valence-corrected chi connectivity index (χ3v) is 5.23. The maximum absolute atomic E-state index is 13.1. The summed E-state index contributed by atoms with van der Waals surface area (Å²) < 4.78 is 19.9. The van der Waals surface area contributed by atoms with Gasteiger partial charge in [0.15, 0.2) is 0 Å². The molecule has 2 aliphatic heterocycles. The third kappa shape index (κ3) is 2.71. The summed E-state index contributed by atoms with van der Waals surface area (Å²) in [5.74, 6) is 0.389. The summed E-state index contributed by atoms with van der Waals surface area (Å²) >= 11 is 3.46. The van der Waals surface area contributed by atoms with Crippen molar-refractivity contribution in [3.8, 4) is 0 Å². The maximum Gasteiger partial charge on any atom is 0.124 e. The van der Waals surface area contributed by atoms with Gasteiger partial charge in [-0.2, -0.15) is 0 Å². The number of halogens is 2. The van der Waals surface area contributed by atoms with E-state index in [0.717, 1.165) is 22.9 Å². The molecule has 0 saturated carbocycles. The first-order chi connectivity index (χ1) is 9.17. The molecule has 0 aliphatic carbocycles. The highest BCUT2D eigenvalue weighted by Gasteiger charge is 2.43. The van der Waals surface area contributed by atoms with Crippen LogP contribution in [0.25, 0.3) is 0 Å². The molecule has 1 aromatic rings. The molecule has 104 valence electrons. The van der Waals surface area contributed by atoms with Crippen LogP contribution >= 0.6 is 15.9 Å². The molecule has 0 amide bonds. The second kappa shape index (κ2) is 5.51. The van der Waals surface area contributed by atoms with E-state index in [2.05, 4.69) is 21.2 Å². The van der Waals surface area contributed by atoms with Crippen LogP contribution in [0.2, 0.25) is 0 Å². The minimum absolute atomic E-state index is 0.195. The summed E-state index contributed by atoms with van der Waals surface area (Å²) in [6.07, 6.45) is 5.38. The molecule has 0 spiro atoms. The zero-order chi connectivity index (χ0) is 13.4. The van der Waals surface area contributed by atoms with Gasteiger partial charge in [0.25, 0.3) is 0 Å². The summed E-state index contributed by atoms with van der Waals surface area (Å²) in [5, 5.41) is 3.42. The smallest absolute Gasteiger partial charge is 0.124 e. The number of rotatable bonds is 4. The van der Waals surface area contributed by atoms with Crippen LogP contribution in [0.4, 0.5) is 4.39 Å². The van der Waals surface area contributed by atoms with E-state index in [4.69, 9.17) is 4.74 Å². The number of fused-ring (bicyclic) bond motifs is 2. The molecule has 4 heteroatoms. The lowest BCUT2D eigenvalue weighted by Crippen LogP contribution is -2.40. The second-order valence-electron chi connectivity index (χ2n) is 5.61. The third-order valence-electron chi connectivity index (χ3n) is 4.50. The van der Waals surface area contributed by atoms with Crippen LogP contribution < -0.4 is 5.32 Å². The van der Waals surface area contributed by atoms with E-state index >= 15 is 0 Å². The molecule has 0 aromatic heterocycles. The molecule has 2 nitrogen and oxygen atoms in total. The molecule has 2 heterocycles. The Morgan fingerprint density at radius 2 is 2.32 bits per heavy atom. The van der Waals surface area contributed by atoms with E-state index in [9.17, 15) is 4.39 Å². The lowest BCUT2D eigenvalue weighted by molar-refractivity contribution is 0.0863. The molecule has 4 atom stereocenters. The van der Waals surface area contributed by atoms with Gasteiger partial charge in [-0.3, -0.25) is 0 Å². The van der Waals surface area contributed by atoms with Gasteiger partial charge >= 0.3 is 0 Å². The minimum Gasteiger partial charge on any atom is -0.375 e. The number of benzene rings is 1. The van der Waals surface area contributed by atoms with Gasteiger partial charge in [-0.1, -0.05) is 22.0 Å². The Morgan fingerprint density at radius 1 is 1.47 bits per heavy atom. The van der Waals surface area contributed by atoms with Gasteiger partial charge in [-0.15, -0.1) is 0 Å². The van der Waals surface area contributed by atoms with E-state index in [1.165, 1.54) is 18.9 Å². The maximum atomic E-state index is 13.1. The first-order valence-corrected chi connectivity index (χ1v) is 7.73. The largest absolute Gasteiger partial charge is 0.375 e. The Labute approximate surface area is 121 Å². The van der Waals surface area contributed by atoms with Gasteiger partial charge in [0, 0.05) is 16.4 Å². The Bertz CT molecular complexity index is 467. The highest BCUT2D eigenvalue weighted by molar-refractivity contribution is 9.10. The van der Waals surface area contributed by atoms with Crippen molar-refractivity contribution in [2.45, 2.75) is 43.9 Å². The van der Waals surface area contributed by atoms with Crippen molar-refractivity contribution in [2.75, 3.05) is 7.05 Å². The lowest BCUT2D eigenvalue weighted by Gasteiger charge is -2.28. The fourth-order valence-corrected chi connectivity index (χ4v) is 4.00. The van der Waals surface area contributed by atoms with Crippen molar-refractivity contribution in [1.82, 2.24) is 5.32 Å². The van der Waals surface area contributed by atoms with Crippen molar-refractivity contribution in [3.63, 3.8) is 0 Å². The summed E-state index contributed by atoms with van der Waals surface area (Å²) in [4.78, 5) is 0. The van der Waals surface area contributed by atoms with Gasteiger partial charge < -0.3 is 10.1 Å². The molecular formula is C15H19BrFNO. The molecule has 3 rings (SSSR count). The second-order valence-corrected chi connectivity index (χ2v) is 6.46. The number of ether oxygens (including phenoxy) is 1. The van der Waals surface area contributed by atoms with Gasteiger partial charge in [0.2, 0.25) is 0 Å². The van der Waals surface area contributed by atoms with Gasteiger partial charge in [-0.25, -0.2) is 4.39 Å². The van der Waals surface area contributed by atoms with E-state index < -0.39 is 0 Å². The van der Waals surface area contributed by atoms with Gasteiger partial charge in [0.05, 0.1) is 12.2 Å². The van der Waals surface area contributed by atoms with Crippen molar-refractivity contribution < 1.29 is 9.13 Å². The number of likely N-dealkylation sites (N-methyl/N-ethyl adjacent to an activating group) is 1. The summed E-state index contributed by atoms with van der Waals surface area (Å²) in [6, 6.07) is 5.35. The number of nitrogens with one attached hydrogen (secondary N) is 1. The zero-order valence-corrected chi connectivity index (χ0v) is 12.6. The number of hydrogen-bond acceptors (Lipinski definition) is 2. The van der Waals surface area contributed by atoms with Crippen molar-refractivity contribution >= 4 is 15.9 Å². The van der Waals surface area contributed by atoms with Crippen LogP contribution in [0.1, 0.15) is 24.8 Å². The standard InChI is InChI=1S/C15H19BrFNO/c1-18-14(12-8-11-4-5-15(12)19-11)6-9-2-3-10(17)7-13(9)16/h2-3,7,11-12,14-15,18H,4-6,8H2,1H3. The first-order valence-electron chi connectivity index (χ1n) is 6.94. The van der Waals surface area contributed by atoms with Crippen LogP contribution in [0.5, 0.6) is 0 Å². The van der Waals surface area contributed by atoms with Gasteiger partial charge in [-0.05, 0) is 50.4 Å². The molecule has 2 saturated heterocycles. The summed E-state index contributed by atoms with van der Waals surface area (Å²) in [5.41, 5.74) is 1.16. The average Bonchev–Trinajstić information content (AvgIpc) is 3.00. The van der Waals surface area contributed by atoms with Crippen LogP contribution in [0.15, 0.2) is 22.7 Å². The van der Waals surface area contributed by atoms with Crippen molar-refractivity contribution in [2.24, 2.45) is 5.92 Å². The monoisotopic (exact) mass is 327 g/mol. The van der Waals surface area contributed by atoms with Crippen LogP contribution in [0.3, 0.4) is 0 Å². The summed E-state index contributed by atoms with van der Waals surface area (Å²) in [6.45, 7) is 0. The molecule has 2 aliphatic rings. The fraction of sp³-hybridized carbons (Fsp3) is 0.600. The zero-order valence-electron chi connectivity index (χ0n) is 11.0. The van der Waals surface area contributed by atoms with Crippen molar-refractivity contribution in [1.29, 1.82) is 0 Å². The number of hydrogen-bond donors (Lipinski definition) is 1. The van der Waals surface area contributed by atoms with Gasteiger partial charge in [0.1, 0.15) is 5.82 Å². The van der Waals surface area contributed by atoms with E-state index in [1.807, 2.05) is 13.1 Å². The van der Waals surface area contributed by atoms with E-state index in [0.29, 0.717) is 24.2 Å². The molecule has 1 aromatic carbocycles. The Kier molecular flexibility index (Phi) is 3.92. The van der Waals surface area contributed by atoms with E-state index in [1.54, 1.807) is 6.07 Å². The van der Waals surface area contributed by atoms with Crippen LogP contribution in [-0.2, 0) is 11.2 Å². The molecule has 4 unspecified atom stereocenters. The van der Waals surface area contributed by atoms with Crippen LogP contribution in [-0.4, -0.2) is 25.3 Å². The predicted octanol–water partition coefficient (Wildman–Crippen LogP) is 3.29. The summed E-state index contributed by atoms with van der Waals surface area (Å²) in [7, 11) is 2.01. The molecule has 1 N–H and O–H groups in total. The SMILES string of the molecule is CNC(Cc1ccc(F)cc1Br)C1CC2CCC1O2. The Hall–Kier alpha value is -0.450. The average molecular weight is 328 g/mol. The normalized spacial score (nSPS) is 30.8. The molecule has 19 heavy (non-hydrogen) atoms. The highest BCUT2D eigenvalue weighted by atomic mass is 79.9. The molecule has 2 bridgehead atoms. The van der Waals surface area contributed by atoms with Crippen molar-refractivity contribution in [3.05, 3.63) is 34.1 Å². The first kappa shape index (κ1) is 13.5. The molecule has 0 radical (unpaired) electrons.